The summed E-state index contributed by atoms with van der Waals surface area (Å²) in [6.45, 7) is 11.0. The Morgan fingerprint density at radius 1 is 1.29 bits per heavy atom. The van der Waals surface area contributed by atoms with Crippen LogP contribution in [0.4, 0.5) is 0 Å². The molecule has 3 nitrogen and oxygen atoms in total. The van der Waals surface area contributed by atoms with Crippen LogP contribution >= 0.6 is 11.6 Å². The fourth-order valence-corrected chi connectivity index (χ4v) is 2.92. The standard InChI is InChI=1S/C17H26ClNO2/c1-17(2,3)13-5-6-16(20-4)14(11-13)15(18)12-19-7-9-21-10-8-19/h5-6,11,15H,7-10,12H2,1-4H3. The summed E-state index contributed by atoms with van der Waals surface area (Å²) in [5.41, 5.74) is 2.47. The van der Waals surface area contributed by atoms with Gasteiger partial charge in [-0.25, -0.2) is 0 Å². The molecule has 0 saturated carbocycles. The van der Waals surface area contributed by atoms with Gasteiger partial charge in [0.15, 0.2) is 0 Å². The summed E-state index contributed by atoms with van der Waals surface area (Å²) in [4.78, 5) is 2.35. The third-order valence-corrected chi connectivity index (χ3v) is 4.33. The zero-order chi connectivity index (χ0) is 15.5. The highest BCUT2D eigenvalue weighted by atomic mass is 35.5. The van der Waals surface area contributed by atoms with Crippen LogP contribution in [-0.2, 0) is 10.2 Å². The molecule has 0 N–H and O–H groups in total. The molecule has 0 aromatic heterocycles. The van der Waals surface area contributed by atoms with Gasteiger partial charge in [-0.15, -0.1) is 11.6 Å². The number of morpholine rings is 1. The van der Waals surface area contributed by atoms with Crippen molar-refractivity contribution in [3.63, 3.8) is 0 Å². The SMILES string of the molecule is COc1ccc(C(C)(C)C)cc1C(Cl)CN1CCOCC1. The van der Waals surface area contributed by atoms with E-state index in [1.807, 2.05) is 6.07 Å². The van der Waals surface area contributed by atoms with Gasteiger partial charge < -0.3 is 9.47 Å². The maximum atomic E-state index is 6.68. The monoisotopic (exact) mass is 311 g/mol. The average molecular weight is 312 g/mol. The minimum Gasteiger partial charge on any atom is -0.496 e. The first-order valence-electron chi connectivity index (χ1n) is 7.54. The molecule has 1 saturated heterocycles. The van der Waals surface area contributed by atoms with E-state index in [-0.39, 0.29) is 10.8 Å². The number of methoxy groups -OCH3 is 1. The summed E-state index contributed by atoms with van der Waals surface area (Å²) in [6, 6.07) is 6.35. The van der Waals surface area contributed by atoms with Crippen molar-refractivity contribution in [3.8, 4) is 5.75 Å². The van der Waals surface area contributed by atoms with E-state index >= 15 is 0 Å². The van der Waals surface area contributed by atoms with Crippen molar-refractivity contribution in [3.05, 3.63) is 29.3 Å². The molecule has 1 aromatic rings. The highest BCUT2D eigenvalue weighted by Gasteiger charge is 2.22. The van der Waals surface area contributed by atoms with Gasteiger partial charge >= 0.3 is 0 Å². The Hall–Kier alpha value is -0.770. The molecule has 0 amide bonds. The summed E-state index contributed by atoms with van der Waals surface area (Å²) in [7, 11) is 1.70. The maximum absolute atomic E-state index is 6.68. The lowest BCUT2D eigenvalue weighted by Gasteiger charge is -2.29. The van der Waals surface area contributed by atoms with Gasteiger partial charge in [-0.3, -0.25) is 4.90 Å². The van der Waals surface area contributed by atoms with E-state index in [1.165, 1.54) is 5.56 Å². The van der Waals surface area contributed by atoms with Crippen LogP contribution < -0.4 is 4.74 Å². The normalized spacial score (nSPS) is 18.5. The van der Waals surface area contributed by atoms with Crippen LogP contribution in [0.3, 0.4) is 0 Å². The van der Waals surface area contributed by atoms with Gasteiger partial charge in [0.1, 0.15) is 5.75 Å². The van der Waals surface area contributed by atoms with Crippen molar-refractivity contribution in [2.45, 2.75) is 31.6 Å². The van der Waals surface area contributed by atoms with Gasteiger partial charge in [0.05, 0.1) is 25.7 Å². The third-order valence-electron chi connectivity index (χ3n) is 3.96. The molecule has 0 spiro atoms. The van der Waals surface area contributed by atoms with Crippen molar-refractivity contribution in [2.75, 3.05) is 40.0 Å². The second-order valence-electron chi connectivity index (χ2n) is 6.59. The predicted octanol–water partition coefficient (Wildman–Crippen LogP) is 3.60. The lowest BCUT2D eigenvalue weighted by molar-refractivity contribution is 0.0378. The second kappa shape index (κ2) is 6.99. The molecule has 1 heterocycles. The first kappa shape index (κ1) is 16.6. The predicted molar refractivity (Wildman–Crippen MR) is 87.5 cm³/mol. The molecule has 4 heteroatoms. The van der Waals surface area contributed by atoms with E-state index in [0.29, 0.717) is 0 Å². The number of ether oxygens (including phenoxy) is 2. The van der Waals surface area contributed by atoms with E-state index in [4.69, 9.17) is 21.1 Å². The molecule has 0 bridgehead atoms. The summed E-state index contributed by atoms with van der Waals surface area (Å²) >= 11 is 6.68. The first-order valence-corrected chi connectivity index (χ1v) is 7.98. The van der Waals surface area contributed by atoms with Crippen molar-refractivity contribution in [1.29, 1.82) is 0 Å². The third kappa shape index (κ3) is 4.35. The minimum absolute atomic E-state index is 0.0691. The zero-order valence-electron chi connectivity index (χ0n) is 13.5. The lowest BCUT2D eigenvalue weighted by Crippen LogP contribution is -2.38. The minimum atomic E-state index is -0.0691. The Kier molecular flexibility index (Phi) is 5.53. The van der Waals surface area contributed by atoms with Crippen LogP contribution in [0.1, 0.15) is 37.3 Å². The quantitative estimate of drug-likeness (QED) is 0.793. The van der Waals surface area contributed by atoms with Gasteiger partial charge in [0, 0.05) is 25.2 Å². The molecule has 0 radical (unpaired) electrons. The van der Waals surface area contributed by atoms with E-state index in [9.17, 15) is 0 Å². The number of nitrogens with zero attached hydrogens (tertiary/aromatic N) is 1. The number of hydrogen-bond acceptors (Lipinski definition) is 3. The topological polar surface area (TPSA) is 21.7 Å². The number of benzene rings is 1. The van der Waals surface area contributed by atoms with E-state index in [0.717, 1.165) is 44.2 Å². The molecule has 2 rings (SSSR count). The van der Waals surface area contributed by atoms with Gasteiger partial charge in [-0.2, -0.15) is 0 Å². The highest BCUT2D eigenvalue weighted by molar-refractivity contribution is 6.21. The Morgan fingerprint density at radius 3 is 2.52 bits per heavy atom. The molecule has 1 aliphatic rings. The van der Waals surface area contributed by atoms with E-state index in [1.54, 1.807) is 7.11 Å². The van der Waals surface area contributed by atoms with Crippen LogP contribution in [0.25, 0.3) is 0 Å². The van der Waals surface area contributed by atoms with Gasteiger partial charge in [0.2, 0.25) is 0 Å². The summed E-state index contributed by atoms with van der Waals surface area (Å²) < 4.78 is 10.9. The van der Waals surface area contributed by atoms with Crippen molar-refractivity contribution >= 4 is 11.6 Å². The fraction of sp³-hybridized carbons (Fsp3) is 0.647. The zero-order valence-corrected chi connectivity index (χ0v) is 14.2. The Morgan fingerprint density at radius 2 is 1.95 bits per heavy atom. The van der Waals surface area contributed by atoms with Crippen molar-refractivity contribution in [2.24, 2.45) is 0 Å². The smallest absolute Gasteiger partial charge is 0.123 e. The molecular formula is C17H26ClNO2. The summed E-state index contributed by atoms with van der Waals surface area (Å²) in [5, 5.41) is -0.0691. The molecule has 1 aromatic carbocycles. The van der Waals surface area contributed by atoms with Crippen LogP contribution in [0.5, 0.6) is 5.75 Å². The van der Waals surface area contributed by atoms with Crippen LogP contribution in [0.2, 0.25) is 0 Å². The fourth-order valence-electron chi connectivity index (χ4n) is 2.55. The Labute approximate surface area is 133 Å². The van der Waals surface area contributed by atoms with Crippen LogP contribution in [0.15, 0.2) is 18.2 Å². The first-order chi connectivity index (χ1) is 9.91. The molecule has 1 aliphatic heterocycles. The molecule has 1 fully saturated rings. The number of halogens is 1. The van der Waals surface area contributed by atoms with E-state index < -0.39 is 0 Å². The molecule has 118 valence electrons. The Bertz CT molecular complexity index is 464. The summed E-state index contributed by atoms with van der Waals surface area (Å²) in [6.07, 6.45) is 0. The molecular weight excluding hydrogens is 286 g/mol. The largest absolute Gasteiger partial charge is 0.496 e. The van der Waals surface area contributed by atoms with Crippen molar-refractivity contribution < 1.29 is 9.47 Å². The molecule has 0 aliphatic carbocycles. The Balaban J connectivity index is 2.19. The second-order valence-corrected chi connectivity index (χ2v) is 7.11. The average Bonchev–Trinajstić information content (AvgIpc) is 2.46. The molecule has 21 heavy (non-hydrogen) atoms. The van der Waals surface area contributed by atoms with E-state index in [2.05, 4.69) is 37.8 Å². The van der Waals surface area contributed by atoms with Gasteiger partial charge in [-0.1, -0.05) is 32.9 Å². The molecule has 1 atom stereocenters. The van der Waals surface area contributed by atoms with Gasteiger partial charge in [0.25, 0.3) is 0 Å². The van der Waals surface area contributed by atoms with Crippen LogP contribution in [-0.4, -0.2) is 44.9 Å². The maximum Gasteiger partial charge on any atom is 0.123 e. The highest BCUT2D eigenvalue weighted by Crippen LogP contribution is 2.34. The summed E-state index contributed by atoms with van der Waals surface area (Å²) in [5.74, 6) is 0.872. The number of hydrogen-bond donors (Lipinski definition) is 0. The van der Waals surface area contributed by atoms with Gasteiger partial charge in [-0.05, 0) is 17.0 Å². The number of alkyl halides is 1. The number of rotatable bonds is 4. The molecule has 1 unspecified atom stereocenters. The van der Waals surface area contributed by atoms with Crippen LogP contribution in [0, 0.1) is 0 Å². The lowest BCUT2D eigenvalue weighted by atomic mass is 9.85. The van der Waals surface area contributed by atoms with Crippen molar-refractivity contribution in [1.82, 2.24) is 4.90 Å².